The summed E-state index contributed by atoms with van der Waals surface area (Å²) in [5, 5.41) is 12.1. The molecule has 1 aromatic carbocycles. The van der Waals surface area contributed by atoms with Crippen molar-refractivity contribution in [2.45, 2.75) is 19.9 Å². The van der Waals surface area contributed by atoms with Crippen LogP contribution in [0.2, 0.25) is 0 Å². The second-order valence-electron chi connectivity index (χ2n) is 5.08. The molecule has 1 aliphatic heterocycles. The lowest BCUT2D eigenvalue weighted by molar-refractivity contribution is 0.181. The van der Waals surface area contributed by atoms with Crippen LogP contribution >= 0.6 is 15.9 Å². The van der Waals surface area contributed by atoms with Crippen molar-refractivity contribution < 1.29 is 4.74 Å². The first-order valence-electron chi connectivity index (χ1n) is 6.55. The first-order chi connectivity index (χ1) is 9.65. The van der Waals surface area contributed by atoms with Gasteiger partial charge in [0.2, 0.25) is 0 Å². The Bertz CT molecular complexity index is 621. The van der Waals surface area contributed by atoms with E-state index in [9.17, 15) is 0 Å². The fourth-order valence-electron chi connectivity index (χ4n) is 2.42. The number of nitrogens with zero attached hydrogens (tertiary/aromatic N) is 4. The van der Waals surface area contributed by atoms with E-state index >= 15 is 0 Å². The summed E-state index contributed by atoms with van der Waals surface area (Å²) < 4.78 is 8.17. The van der Waals surface area contributed by atoms with Gasteiger partial charge in [0.25, 0.3) is 0 Å². The second-order valence-corrected chi connectivity index (χ2v) is 6.00. The molecule has 1 fully saturated rings. The summed E-state index contributed by atoms with van der Waals surface area (Å²) in [6, 6.07) is 3.89. The zero-order chi connectivity index (χ0) is 14.1. The third kappa shape index (κ3) is 2.55. The smallest absolute Gasteiger partial charge is 0.182 e. The summed E-state index contributed by atoms with van der Waals surface area (Å²) in [5.41, 5.74) is 8.69. The van der Waals surface area contributed by atoms with E-state index in [4.69, 9.17) is 10.5 Å². The maximum absolute atomic E-state index is 6.01. The van der Waals surface area contributed by atoms with E-state index in [2.05, 4.69) is 31.5 Å². The molecule has 1 unspecified atom stereocenters. The lowest BCUT2D eigenvalue weighted by Crippen LogP contribution is -2.13. The summed E-state index contributed by atoms with van der Waals surface area (Å²) >= 11 is 3.47. The molecular weight excluding hydrogens is 322 g/mol. The molecule has 0 aliphatic carbocycles. The Morgan fingerprint density at radius 3 is 3.10 bits per heavy atom. The van der Waals surface area contributed by atoms with Crippen molar-refractivity contribution in [3.63, 3.8) is 0 Å². The highest BCUT2D eigenvalue weighted by atomic mass is 79.9. The molecular formula is C13H16BrN5O. The molecule has 1 aliphatic rings. The van der Waals surface area contributed by atoms with E-state index in [1.54, 1.807) is 0 Å². The zero-order valence-electron chi connectivity index (χ0n) is 11.2. The van der Waals surface area contributed by atoms with Crippen molar-refractivity contribution in [2.75, 3.05) is 18.9 Å². The molecule has 0 saturated carbocycles. The molecule has 2 aromatic rings. The Labute approximate surface area is 125 Å². The maximum Gasteiger partial charge on any atom is 0.182 e. The van der Waals surface area contributed by atoms with Gasteiger partial charge < -0.3 is 10.5 Å². The van der Waals surface area contributed by atoms with Gasteiger partial charge in [-0.05, 0) is 41.5 Å². The topological polar surface area (TPSA) is 78.9 Å². The Hall–Kier alpha value is -1.47. The number of aromatic nitrogens is 4. The standard InChI is InChI=1S/C13H16BrN5O/c1-8-11(4-10(14)5-12(8)15)13-16-17-18-19(13)6-9-2-3-20-7-9/h4-5,9H,2-3,6-7,15H2,1H3. The predicted molar refractivity (Wildman–Crippen MR) is 79.0 cm³/mol. The Morgan fingerprint density at radius 2 is 2.35 bits per heavy atom. The molecule has 0 radical (unpaired) electrons. The summed E-state index contributed by atoms with van der Waals surface area (Å²) in [7, 11) is 0. The minimum Gasteiger partial charge on any atom is -0.398 e. The molecule has 1 saturated heterocycles. The van der Waals surface area contributed by atoms with Crippen LogP contribution in [0.1, 0.15) is 12.0 Å². The van der Waals surface area contributed by atoms with Gasteiger partial charge in [0, 0.05) is 28.2 Å². The highest BCUT2D eigenvalue weighted by Crippen LogP contribution is 2.30. The molecule has 0 spiro atoms. The van der Waals surface area contributed by atoms with Crippen LogP contribution in [0.15, 0.2) is 16.6 Å². The molecule has 7 heteroatoms. The molecule has 2 N–H and O–H groups in total. The first kappa shape index (κ1) is 13.5. The number of rotatable bonds is 3. The van der Waals surface area contributed by atoms with Gasteiger partial charge in [-0.25, -0.2) is 4.68 Å². The van der Waals surface area contributed by atoms with E-state index in [0.717, 1.165) is 53.3 Å². The van der Waals surface area contributed by atoms with Gasteiger partial charge in [0.05, 0.1) is 13.2 Å². The van der Waals surface area contributed by atoms with Gasteiger partial charge in [-0.3, -0.25) is 0 Å². The van der Waals surface area contributed by atoms with Crippen LogP contribution in [0.4, 0.5) is 5.69 Å². The average Bonchev–Trinajstić information content (AvgIpc) is 3.06. The van der Waals surface area contributed by atoms with E-state index in [1.807, 2.05) is 23.7 Å². The van der Waals surface area contributed by atoms with Gasteiger partial charge in [0.1, 0.15) is 0 Å². The van der Waals surface area contributed by atoms with Crippen LogP contribution in [0, 0.1) is 12.8 Å². The van der Waals surface area contributed by atoms with Gasteiger partial charge in [-0.2, -0.15) is 0 Å². The second kappa shape index (κ2) is 5.49. The lowest BCUT2D eigenvalue weighted by atomic mass is 10.1. The number of nitrogen functional groups attached to an aromatic ring is 1. The molecule has 6 nitrogen and oxygen atoms in total. The van der Waals surface area contributed by atoms with Gasteiger partial charge >= 0.3 is 0 Å². The van der Waals surface area contributed by atoms with Crippen LogP contribution in [0.5, 0.6) is 0 Å². The summed E-state index contributed by atoms with van der Waals surface area (Å²) in [5.74, 6) is 1.23. The SMILES string of the molecule is Cc1c(N)cc(Br)cc1-c1nnnn1CC1CCOC1. The third-order valence-electron chi connectivity index (χ3n) is 3.64. The number of tetrazole rings is 1. The highest BCUT2D eigenvalue weighted by Gasteiger charge is 2.20. The largest absolute Gasteiger partial charge is 0.398 e. The van der Waals surface area contributed by atoms with Gasteiger partial charge in [-0.1, -0.05) is 15.9 Å². The Morgan fingerprint density at radius 1 is 1.50 bits per heavy atom. The quantitative estimate of drug-likeness (QED) is 0.867. The van der Waals surface area contributed by atoms with Crippen molar-refractivity contribution in [3.05, 3.63) is 22.2 Å². The van der Waals surface area contributed by atoms with E-state index in [1.165, 1.54) is 0 Å². The Kier molecular flexibility index (Phi) is 3.71. The summed E-state index contributed by atoms with van der Waals surface area (Å²) in [4.78, 5) is 0. The average molecular weight is 338 g/mol. The maximum atomic E-state index is 6.01. The van der Waals surface area contributed by atoms with Crippen molar-refractivity contribution in [2.24, 2.45) is 5.92 Å². The minimum absolute atomic E-state index is 0.474. The number of nitrogens with two attached hydrogens (primary N) is 1. The predicted octanol–water partition coefficient (Wildman–Crippen LogP) is 2.03. The zero-order valence-corrected chi connectivity index (χ0v) is 12.8. The van der Waals surface area contributed by atoms with E-state index in [-0.39, 0.29) is 0 Å². The van der Waals surface area contributed by atoms with Crippen LogP contribution in [-0.2, 0) is 11.3 Å². The number of anilines is 1. The van der Waals surface area contributed by atoms with Crippen LogP contribution in [0.25, 0.3) is 11.4 Å². The van der Waals surface area contributed by atoms with Crippen molar-refractivity contribution in [3.8, 4) is 11.4 Å². The molecule has 0 bridgehead atoms. The fraction of sp³-hybridized carbons (Fsp3) is 0.462. The number of hydrogen-bond donors (Lipinski definition) is 1. The minimum atomic E-state index is 0.474. The number of hydrogen-bond acceptors (Lipinski definition) is 5. The number of benzene rings is 1. The van der Waals surface area contributed by atoms with Crippen LogP contribution < -0.4 is 5.73 Å². The molecule has 3 rings (SSSR count). The molecule has 2 heterocycles. The fourth-order valence-corrected chi connectivity index (χ4v) is 2.90. The number of ether oxygens (including phenoxy) is 1. The normalized spacial score (nSPS) is 18.6. The summed E-state index contributed by atoms with van der Waals surface area (Å²) in [6.45, 7) is 4.35. The molecule has 0 amide bonds. The third-order valence-corrected chi connectivity index (χ3v) is 4.10. The highest BCUT2D eigenvalue weighted by molar-refractivity contribution is 9.10. The van der Waals surface area contributed by atoms with Gasteiger partial charge in [-0.15, -0.1) is 5.10 Å². The van der Waals surface area contributed by atoms with Crippen molar-refractivity contribution in [1.82, 2.24) is 20.2 Å². The molecule has 1 atom stereocenters. The molecule has 20 heavy (non-hydrogen) atoms. The number of halogens is 1. The monoisotopic (exact) mass is 337 g/mol. The lowest BCUT2D eigenvalue weighted by Gasteiger charge is -2.12. The molecule has 1 aromatic heterocycles. The van der Waals surface area contributed by atoms with E-state index in [0.29, 0.717) is 5.92 Å². The first-order valence-corrected chi connectivity index (χ1v) is 7.34. The molecule has 106 valence electrons. The van der Waals surface area contributed by atoms with Crippen LogP contribution in [0.3, 0.4) is 0 Å². The summed E-state index contributed by atoms with van der Waals surface area (Å²) in [6.07, 6.45) is 1.05. The van der Waals surface area contributed by atoms with E-state index < -0.39 is 0 Å². The Balaban J connectivity index is 1.96. The van der Waals surface area contributed by atoms with Crippen molar-refractivity contribution in [1.29, 1.82) is 0 Å². The van der Waals surface area contributed by atoms with Gasteiger partial charge in [0.15, 0.2) is 5.82 Å². The van der Waals surface area contributed by atoms with Crippen LogP contribution in [-0.4, -0.2) is 33.4 Å². The van der Waals surface area contributed by atoms with Crippen molar-refractivity contribution >= 4 is 21.6 Å².